The maximum Gasteiger partial charge on any atom is 0.255 e. The zero-order valence-electron chi connectivity index (χ0n) is 20.3. The number of anilines is 1. The summed E-state index contributed by atoms with van der Waals surface area (Å²) in [7, 11) is 0. The average Bonchev–Trinajstić information content (AvgIpc) is 3.25. The maximum atomic E-state index is 13.4. The number of hydrogen-bond acceptors (Lipinski definition) is 3. The number of rotatable bonds is 9. The summed E-state index contributed by atoms with van der Waals surface area (Å²) >= 11 is 6.16. The molecule has 1 aliphatic rings. The van der Waals surface area contributed by atoms with E-state index in [2.05, 4.69) is 39.9 Å². The molecular weight excluding hydrogens is 444 g/mol. The molecule has 1 aromatic heterocycles. The molecule has 1 saturated heterocycles. The molecule has 5 nitrogen and oxygen atoms in total. The highest BCUT2D eigenvalue weighted by atomic mass is 35.5. The smallest absolute Gasteiger partial charge is 0.255 e. The minimum atomic E-state index is 0.128. The van der Waals surface area contributed by atoms with Crippen LogP contribution in [0.1, 0.15) is 35.8 Å². The van der Waals surface area contributed by atoms with Gasteiger partial charge in [0.1, 0.15) is 0 Å². The number of aromatic nitrogens is 1. The summed E-state index contributed by atoms with van der Waals surface area (Å²) < 4.78 is 0. The molecule has 0 bridgehead atoms. The van der Waals surface area contributed by atoms with Crippen molar-refractivity contribution in [2.75, 3.05) is 50.7 Å². The van der Waals surface area contributed by atoms with E-state index >= 15 is 0 Å². The van der Waals surface area contributed by atoms with Crippen LogP contribution < -0.4 is 4.90 Å². The molecule has 2 aromatic carbocycles. The minimum absolute atomic E-state index is 0.128. The lowest BCUT2D eigenvalue weighted by Gasteiger charge is -2.36. The van der Waals surface area contributed by atoms with Gasteiger partial charge in [-0.3, -0.25) is 9.69 Å². The fourth-order valence-electron chi connectivity index (χ4n) is 4.70. The number of carbonyl (C=O) groups is 1. The van der Waals surface area contributed by atoms with Crippen molar-refractivity contribution in [2.45, 2.75) is 26.7 Å². The standard InChI is InChI=1S/C28H35ClN4O/c1-3-13-33(28(34)26-21-27(30-22(26)2)23-9-5-4-6-10-23)15-8-14-31-16-18-32(19-17-31)25-12-7-11-24(29)20-25/h4-7,9-12,20-21,30H,3,8,13-19H2,1-2H3. The predicted octanol–water partition coefficient (Wildman–Crippen LogP) is 5.71. The van der Waals surface area contributed by atoms with Gasteiger partial charge in [-0.1, -0.05) is 54.9 Å². The molecule has 0 atom stereocenters. The zero-order valence-corrected chi connectivity index (χ0v) is 21.0. The number of amides is 1. The first-order chi connectivity index (χ1) is 16.5. The Morgan fingerprint density at radius 2 is 1.76 bits per heavy atom. The number of H-pyrrole nitrogens is 1. The van der Waals surface area contributed by atoms with E-state index in [-0.39, 0.29) is 5.91 Å². The number of halogens is 1. The summed E-state index contributed by atoms with van der Waals surface area (Å²) in [6, 6.07) is 20.3. The quantitative estimate of drug-likeness (QED) is 0.428. The molecule has 1 fully saturated rings. The fraction of sp³-hybridized carbons (Fsp3) is 0.393. The summed E-state index contributed by atoms with van der Waals surface area (Å²) in [5.41, 5.74) is 5.01. The van der Waals surface area contributed by atoms with E-state index in [9.17, 15) is 4.79 Å². The van der Waals surface area contributed by atoms with Crippen LogP contribution in [-0.4, -0.2) is 66.5 Å². The molecular formula is C28H35ClN4O. The minimum Gasteiger partial charge on any atom is -0.369 e. The van der Waals surface area contributed by atoms with Gasteiger partial charge in [0.15, 0.2) is 0 Å². The Morgan fingerprint density at radius 3 is 2.47 bits per heavy atom. The van der Waals surface area contributed by atoms with Crippen LogP contribution in [0, 0.1) is 6.92 Å². The van der Waals surface area contributed by atoms with Gasteiger partial charge >= 0.3 is 0 Å². The first-order valence-corrected chi connectivity index (χ1v) is 12.7. The van der Waals surface area contributed by atoms with E-state index in [1.54, 1.807) is 0 Å². The predicted molar refractivity (Wildman–Crippen MR) is 142 cm³/mol. The summed E-state index contributed by atoms with van der Waals surface area (Å²) in [5, 5.41) is 0.786. The van der Waals surface area contributed by atoms with Crippen molar-refractivity contribution in [2.24, 2.45) is 0 Å². The van der Waals surface area contributed by atoms with Crippen LogP contribution in [0.15, 0.2) is 60.7 Å². The maximum absolute atomic E-state index is 13.4. The number of benzene rings is 2. The number of hydrogen-bond donors (Lipinski definition) is 1. The monoisotopic (exact) mass is 478 g/mol. The van der Waals surface area contributed by atoms with E-state index in [1.165, 1.54) is 5.69 Å². The van der Waals surface area contributed by atoms with Gasteiger partial charge in [-0.15, -0.1) is 0 Å². The Hall–Kier alpha value is -2.76. The molecule has 4 rings (SSSR count). The second kappa shape index (κ2) is 11.6. The van der Waals surface area contributed by atoms with Crippen LogP contribution in [0.25, 0.3) is 11.3 Å². The summed E-state index contributed by atoms with van der Waals surface area (Å²) in [6.45, 7) is 10.8. The van der Waals surface area contributed by atoms with Gasteiger partial charge in [0.25, 0.3) is 5.91 Å². The molecule has 1 aliphatic heterocycles. The summed E-state index contributed by atoms with van der Waals surface area (Å²) in [6.07, 6.45) is 1.94. The highest BCUT2D eigenvalue weighted by molar-refractivity contribution is 6.30. The highest BCUT2D eigenvalue weighted by Crippen LogP contribution is 2.23. The van der Waals surface area contributed by atoms with Crippen molar-refractivity contribution < 1.29 is 4.79 Å². The van der Waals surface area contributed by atoms with Crippen LogP contribution in [-0.2, 0) is 0 Å². The van der Waals surface area contributed by atoms with Gasteiger partial charge in [0.05, 0.1) is 5.56 Å². The number of nitrogens with one attached hydrogen (secondary N) is 1. The van der Waals surface area contributed by atoms with Crippen molar-refractivity contribution in [3.63, 3.8) is 0 Å². The van der Waals surface area contributed by atoms with Crippen molar-refractivity contribution in [3.8, 4) is 11.3 Å². The Kier molecular flexibility index (Phi) is 8.30. The van der Waals surface area contributed by atoms with Gasteiger partial charge in [-0.05, 0) is 56.1 Å². The van der Waals surface area contributed by atoms with Crippen molar-refractivity contribution in [1.29, 1.82) is 0 Å². The lowest BCUT2D eigenvalue weighted by molar-refractivity contribution is 0.0746. The number of aromatic amines is 1. The molecule has 34 heavy (non-hydrogen) atoms. The molecule has 3 aromatic rings. The molecule has 6 heteroatoms. The molecule has 1 N–H and O–H groups in total. The summed E-state index contributed by atoms with van der Waals surface area (Å²) in [5.74, 6) is 0.128. The first kappa shape index (κ1) is 24.4. The largest absolute Gasteiger partial charge is 0.369 e. The summed E-state index contributed by atoms with van der Waals surface area (Å²) in [4.78, 5) is 23.7. The van der Waals surface area contributed by atoms with E-state index in [4.69, 9.17) is 11.6 Å². The first-order valence-electron chi connectivity index (χ1n) is 12.3. The highest BCUT2D eigenvalue weighted by Gasteiger charge is 2.21. The number of carbonyl (C=O) groups excluding carboxylic acids is 1. The van der Waals surface area contributed by atoms with Crippen molar-refractivity contribution in [3.05, 3.63) is 76.9 Å². The molecule has 180 valence electrons. The van der Waals surface area contributed by atoms with E-state index < -0.39 is 0 Å². The van der Waals surface area contributed by atoms with Gasteiger partial charge in [-0.25, -0.2) is 0 Å². The van der Waals surface area contributed by atoms with E-state index in [1.807, 2.05) is 54.3 Å². The SMILES string of the molecule is CCCN(CCCN1CCN(c2cccc(Cl)c2)CC1)C(=O)c1cc(-c2ccccc2)[nH]c1C. The second-order valence-corrected chi connectivity index (χ2v) is 9.48. The van der Waals surface area contributed by atoms with Crippen LogP contribution in [0.2, 0.25) is 5.02 Å². The number of nitrogens with zero attached hydrogens (tertiary/aromatic N) is 3. The van der Waals surface area contributed by atoms with Gasteiger partial charge in [0.2, 0.25) is 0 Å². The Balaban J connectivity index is 1.30. The number of piperazine rings is 1. The molecule has 2 heterocycles. The Labute approximate surface area is 208 Å². The lowest BCUT2D eigenvalue weighted by atomic mass is 10.1. The molecule has 0 radical (unpaired) electrons. The van der Waals surface area contributed by atoms with Crippen molar-refractivity contribution in [1.82, 2.24) is 14.8 Å². The van der Waals surface area contributed by atoms with Crippen LogP contribution in [0.3, 0.4) is 0 Å². The normalized spacial score (nSPS) is 14.4. The van der Waals surface area contributed by atoms with Crippen LogP contribution in [0.4, 0.5) is 5.69 Å². The molecule has 0 unspecified atom stereocenters. The Bertz CT molecular complexity index is 1070. The molecule has 0 spiro atoms. The average molecular weight is 479 g/mol. The van der Waals surface area contributed by atoms with Crippen LogP contribution >= 0.6 is 11.6 Å². The van der Waals surface area contributed by atoms with Gasteiger partial charge in [-0.2, -0.15) is 0 Å². The van der Waals surface area contributed by atoms with E-state index in [0.717, 1.165) is 86.2 Å². The van der Waals surface area contributed by atoms with E-state index in [0.29, 0.717) is 0 Å². The fourth-order valence-corrected chi connectivity index (χ4v) is 4.88. The third-order valence-corrected chi connectivity index (χ3v) is 6.79. The third-order valence-electron chi connectivity index (χ3n) is 6.56. The molecule has 0 aliphatic carbocycles. The zero-order chi connectivity index (χ0) is 23.9. The lowest BCUT2D eigenvalue weighted by Crippen LogP contribution is -2.47. The molecule has 1 amide bonds. The van der Waals surface area contributed by atoms with Crippen LogP contribution in [0.5, 0.6) is 0 Å². The second-order valence-electron chi connectivity index (χ2n) is 9.04. The molecule has 0 saturated carbocycles. The number of aryl methyl sites for hydroxylation is 1. The third kappa shape index (κ3) is 6.02. The van der Waals surface area contributed by atoms with Crippen molar-refractivity contribution >= 4 is 23.2 Å². The van der Waals surface area contributed by atoms with Gasteiger partial charge < -0.3 is 14.8 Å². The topological polar surface area (TPSA) is 42.6 Å². The Morgan fingerprint density at radius 1 is 1.00 bits per heavy atom. The van der Waals surface area contributed by atoms with Gasteiger partial charge in [0, 0.05) is 61.4 Å².